The molecule has 0 saturated heterocycles. The molecule has 3 nitrogen and oxygen atoms in total. The molecule has 1 heterocycles. The number of benzene rings is 1. The van der Waals surface area contributed by atoms with Crippen molar-refractivity contribution in [3.63, 3.8) is 0 Å². The maximum absolute atomic E-state index is 9.04. The van der Waals surface area contributed by atoms with Gasteiger partial charge in [0.05, 0.1) is 6.54 Å². The summed E-state index contributed by atoms with van der Waals surface area (Å²) in [7, 11) is 1.63. The molecule has 0 unspecified atom stereocenters. The zero-order valence-electron chi connectivity index (χ0n) is 7.49. The largest absolute Gasteiger partial charge is 0.357 e. The molecule has 3 heteroatoms. The molecular formula is C10H12N2O. The van der Waals surface area contributed by atoms with Gasteiger partial charge in [-0.25, -0.2) is 0 Å². The first kappa shape index (κ1) is 8.29. The number of H-pyrrole nitrogens is 1. The zero-order chi connectivity index (χ0) is 9.26. The predicted octanol–water partition coefficient (Wildman–Crippen LogP) is 1.99. The maximum Gasteiger partial charge on any atom is 0.0636 e. The van der Waals surface area contributed by atoms with Gasteiger partial charge in [-0.2, -0.15) is 5.06 Å². The van der Waals surface area contributed by atoms with Crippen molar-refractivity contribution in [2.75, 3.05) is 7.05 Å². The van der Waals surface area contributed by atoms with Crippen molar-refractivity contribution in [1.29, 1.82) is 0 Å². The van der Waals surface area contributed by atoms with Crippen molar-refractivity contribution in [2.45, 2.75) is 6.54 Å². The minimum absolute atomic E-state index is 0.522. The zero-order valence-corrected chi connectivity index (χ0v) is 7.49. The number of aromatic nitrogens is 1. The number of para-hydroxylation sites is 1. The third-order valence-electron chi connectivity index (χ3n) is 1.98. The molecule has 2 rings (SSSR count). The van der Waals surface area contributed by atoms with E-state index >= 15 is 0 Å². The van der Waals surface area contributed by atoms with Crippen LogP contribution in [-0.4, -0.2) is 22.3 Å². The summed E-state index contributed by atoms with van der Waals surface area (Å²) in [6, 6.07) is 10.1. The van der Waals surface area contributed by atoms with Crippen molar-refractivity contribution in [1.82, 2.24) is 10.0 Å². The Morgan fingerprint density at radius 2 is 2.15 bits per heavy atom. The third-order valence-corrected chi connectivity index (χ3v) is 1.98. The van der Waals surface area contributed by atoms with Gasteiger partial charge in [-0.05, 0) is 17.5 Å². The van der Waals surface area contributed by atoms with E-state index in [-0.39, 0.29) is 0 Å². The summed E-state index contributed by atoms with van der Waals surface area (Å²) in [5.41, 5.74) is 2.13. The van der Waals surface area contributed by atoms with E-state index in [9.17, 15) is 0 Å². The highest BCUT2D eigenvalue weighted by atomic mass is 16.5. The van der Waals surface area contributed by atoms with Crippen molar-refractivity contribution in [3.8, 4) is 0 Å². The first-order valence-electron chi connectivity index (χ1n) is 4.22. The molecular weight excluding hydrogens is 164 g/mol. The van der Waals surface area contributed by atoms with E-state index in [4.69, 9.17) is 5.21 Å². The second-order valence-electron chi connectivity index (χ2n) is 3.20. The lowest BCUT2D eigenvalue weighted by Gasteiger charge is -2.04. The van der Waals surface area contributed by atoms with Crippen LogP contribution in [0.5, 0.6) is 0 Å². The van der Waals surface area contributed by atoms with E-state index in [1.807, 2.05) is 30.3 Å². The normalized spacial score (nSPS) is 11.3. The summed E-state index contributed by atoms with van der Waals surface area (Å²) in [6.45, 7) is 0.522. The molecule has 68 valence electrons. The van der Waals surface area contributed by atoms with Gasteiger partial charge in [-0.1, -0.05) is 18.2 Å². The Morgan fingerprint density at radius 3 is 2.85 bits per heavy atom. The average molecular weight is 176 g/mol. The standard InChI is InChI=1S/C10H12N2O/c1-12(13)7-9-6-8-4-2-3-5-10(8)11-9/h2-6,11,13H,7H2,1H3. The molecule has 0 bridgehead atoms. The number of nitrogens with zero attached hydrogens (tertiary/aromatic N) is 1. The smallest absolute Gasteiger partial charge is 0.0636 e. The molecule has 0 aliphatic rings. The Bertz CT molecular complexity index is 373. The van der Waals surface area contributed by atoms with Crippen LogP contribution in [-0.2, 0) is 6.54 Å². The van der Waals surface area contributed by atoms with Gasteiger partial charge >= 0.3 is 0 Å². The Kier molecular flexibility index (Phi) is 2.04. The fraction of sp³-hybridized carbons (Fsp3) is 0.200. The first-order valence-corrected chi connectivity index (χ1v) is 4.22. The first-order chi connectivity index (χ1) is 6.25. The van der Waals surface area contributed by atoms with Gasteiger partial charge in [0.2, 0.25) is 0 Å². The molecule has 2 aromatic rings. The molecule has 0 amide bonds. The van der Waals surface area contributed by atoms with Crippen LogP contribution in [0.25, 0.3) is 10.9 Å². The summed E-state index contributed by atoms with van der Waals surface area (Å²) in [6.07, 6.45) is 0. The summed E-state index contributed by atoms with van der Waals surface area (Å²) in [4.78, 5) is 3.23. The third kappa shape index (κ3) is 1.71. The molecule has 0 aliphatic heterocycles. The van der Waals surface area contributed by atoms with Crippen LogP contribution in [0.2, 0.25) is 0 Å². The van der Waals surface area contributed by atoms with Gasteiger partial charge < -0.3 is 10.2 Å². The van der Waals surface area contributed by atoms with E-state index in [0.29, 0.717) is 6.54 Å². The average Bonchev–Trinajstić information content (AvgIpc) is 2.44. The molecule has 1 aromatic heterocycles. The van der Waals surface area contributed by atoms with Gasteiger partial charge in [0.25, 0.3) is 0 Å². The quantitative estimate of drug-likeness (QED) is 0.687. The van der Waals surface area contributed by atoms with E-state index in [2.05, 4.69) is 4.98 Å². The highest BCUT2D eigenvalue weighted by Gasteiger charge is 2.00. The SMILES string of the molecule is CN(O)Cc1cc2ccccc2[nH]1. The maximum atomic E-state index is 9.04. The topological polar surface area (TPSA) is 39.3 Å². The van der Waals surface area contributed by atoms with Crippen LogP contribution in [0.1, 0.15) is 5.69 Å². The van der Waals surface area contributed by atoms with Gasteiger partial charge in [-0.15, -0.1) is 0 Å². The summed E-state index contributed by atoms with van der Waals surface area (Å²) < 4.78 is 0. The minimum atomic E-state index is 0.522. The summed E-state index contributed by atoms with van der Waals surface area (Å²) >= 11 is 0. The summed E-state index contributed by atoms with van der Waals surface area (Å²) in [5, 5.41) is 11.4. The number of hydroxylamine groups is 2. The molecule has 0 atom stereocenters. The number of hydrogen-bond acceptors (Lipinski definition) is 2. The Hall–Kier alpha value is -1.32. The Balaban J connectivity index is 2.38. The molecule has 1 aromatic carbocycles. The molecule has 0 spiro atoms. The second kappa shape index (κ2) is 3.20. The van der Waals surface area contributed by atoms with E-state index in [1.54, 1.807) is 7.05 Å². The fourth-order valence-electron chi connectivity index (χ4n) is 1.47. The van der Waals surface area contributed by atoms with Crippen molar-refractivity contribution >= 4 is 10.9 Å². The van der Waals surface area contributed by atoms with Crippen LogP contribution in [0.3, 0.4) is 0 Å². The number of fused-ring (bicyclic) bond motifs is 1. The van der Waals surface area contributed by atoms with Gasteiger partial charge in [0.15, 0.2) is 0 Å². The second-order valence-corrected chi connectivity index (χ2v) is 3.20. The minimum Gasteiger partial charge on any atom is -0.357 e. The van der Waals surface area contributed by atoms with E-state index < -0.39 is 0 Å². The van der Waals surface area contributed by atoms with Crippen molar-refractivity contribution < 1.29 is 5.21 Å². The summed E-state index contributed by atoms with van der Waals surface area (Å²) in [5.74, 6) is 0. The molecule has 0 fully saturated rings. The lowest BCUT2D eigenvalue weighted by Crippen LogP contribution is -2.11. The van der Waals surface area contributed by atoms with Crippen molar-refractivity contribution in [2.24, 2.45) is 0 Å². The van der Waals surface area contributed by atoms with Crippen LogP contribution in [0.4, 0.5) is 0 Å². The van der Waals surface area contributed by atoms with Crippen LogP contribution >= 0.6 is 0 Å². The van der Waals surface area contributed by atoms with Gasteiger partial charge in [0.1, 0.15) is 0 Å². The number of hydrogen-bond donors (Lipinski definition) is 2. The number of nitrogens with one attached hydrogen (secondary N) is 1. The van der Waals surface area contributed by atoms with Gasteiger partial charge in [0, 0.05) is 18.3 Å². The highest BCUT2D eigenvalue weighted by Crippen LogP contribution is 2.14. The Labute approximate surface area is 76.6 Å². The number of aromatic amines is 1. The highest BCUT2D eigenvalue weighted by molar-refractivity contribution is 5.80. The monoisotopic (exact) mass is 176 g/mol. The van der Waals surface area contributed by atoms with Gasteiger partial charge in [-0.3, -0.25) is 0 Å². The molecule has 0 aliphatic carbocycles. The fourth-order valence-corrected chi connectivity index (χ4v) is 1.47. The van der Waals surface area contributed by atoms with Crippen LogP contribution in [0.15, 0.2) is 30.3 Å². The molecule has 0 radical (unpaired) electrons. The predicted molar refractivity (Wildman–Crippen MR) is 51.6 cm³/mol. The van der Waals surface area contributed by atoms with Crippen LogP contribution < -0.4 is 0 Å². The lowest BCUT2D eigenvalue weighted by atomic mass is 10.2. The van der Waals surface area contributed by atoms with E-state index in [0.717, 1.165) is 16.3 Å². The van der Waals surface area contributed by atoms with Crippen LogP contribution in [0, 0.1) is 0 Å². The number of rotatable bonds is 2. The van der Waals surface area contributed by atoms with Crippen molar-refractivity contribution in [3.05, 3.63) is 36.0 Å². The molecule has 0 saturated carbocycles. The molecule has 2 N–H and O–H groups in total. The van der Waals surface area contributed by atoms with E-state index in [1.165, 1.54) is 5.39 Å². The lowest BCUT2D eigenvalue weighted by molar-refractivity contribution is -0.0739. The molecule has 13 heavy (non-hydrogen) atoms. The Morgan fingerprint density at radius 1 is 1.38 bits per heavy atom.